The maximum Gasteiger partial charge on any atom is 0.317 e. The molecule has 1 aromatic rings. The summed E-state index contributed by atoms with van der Waals surface area (Å²) in [6.07, 6.45) is 1.40. The van der Waals surface area contributed by atoms with Gasteiger partial charge >= 0.3 is 6.03 Å². The molecule has 7 heteroatoms. The van der Waals surface area contributed by atoms with Crippen LogP contribution in [0.25, 0.3) is 0 Å². The van der Waals surface area contributed by atoms with Crippen LogP contribution in [0.4, 0.5) is 9.18 Å². The maximum absolute atomic E-state index is 13.7. The van der Waals surface area contributed by atoms with Gasteiger partial charge in [0.05, 0.1) is 12.1 Å². The highest BCUT2D eigenvalue weighted by Crippen LogP contribution is 2.22. The van der Waals surface area contributed by atoms with E-state index in [2.05, 4.69) is 5.32 Å². The highest BCUT2D eigenvalue weighted by molar-refractivity contribution is 6.31. The number of urea groups is 1. The van der Waals surface area contributed by atoms with Crippen LogP contribution < -0.4 is 5.32 Å². The van der Waals surface area contributed by atoms with Crippen LogP contribution in [0.1, 0.15) is 18.4 Å². The summed E-state index contributed by atoms with van der Waals surface area (Å²) in [6.45, 7) is 1.36. The monoisotopic (exact) mass is 343 g/mol. The van der Waals surface area contributed by atoms with Crippen molar-refractivity contribution in [1.29, 1.82) is 0 Å². The molecule has 1 atom stereocenters. The number of likely N-dealkylation sites (N-methyl/N-ethyl adjacent to an activating group) is 1. The van der Waals surface area contributed by atoms with Gasteiger partial charge in [-0.2, -0.15) is 0 Å². The fraction of sp³-hybridized carbons (Fsp3) is 0.562. The molecule has 1 fully saturated rings. The molecular weight excluding hydrogens is 321 g/mol. The Morgan fingerprint density at radius 2 is 2.26 bits per heavy atom. The highest BCUT2D eigenvalue weighted by atomic mass is 35.5. The number of piperidine rings is 1. The smallest absolute Gasteiger partial charge is 0.317 e. The lowest BCUT2D eigenvalue weighted by Crippen LogP contribution is -2.56. The number of carbonyl (C=O) groups is 1. The molecule has 1 saturated heterocycles. The number of β-amino-alcohol motifs (C(OH)–C–C–N with tert-alkyl or cyclic N) is 1. The number of nitrogens with zero attached hydrogens (tertiary/aromatic N) is 2. The van der Waals surface area contributed by atoms with Crippen molar-refractivity contribution in [2.75, 3.05) is 33.7 Å². The average Bonchev–Trinajstić information content (AvgIpc) is 2.45. The normalized spacial score (nSPS) is 21.6. The van der Waals surface area contributed by atoms with Crippen molar-refractivity contribution in [3.05, 3.63) is 34.6 Å². The van der Waals surface area contributed by atoms with Gasteiger partial charge in [-0.25, -0.2) is 9.18 Å². The Balaban J connectivity index is 1.95. The minimum absolute atomic E-state index is 0.0208. The van der Waals surface area contributed by atoms with E-state index < -0.39 is 11.4 Å². The summed E-state index contributed by atoms with van der Waals surface area (Å²) in [5.41, 5.74) is -0.641. The number of rotatable bonds is 4. The number of carbonyl (C=O) groups excluding carboxylic acids is 1. The number of hydrogen-bond donors (Lipinski definition) is 2. The predicted molar refractivity (Wildman–Crippen MR) is 88.0 cm³/mol. The van der Waals surface area contributed by atoms with Gasteiger partial charge < -0.3 is 20.2 Å². The summed E-state index contributed by atoms with van der Waals surface area (Å²) >= 11 is 5.95. The second-order valence-corrected chi connectivity index (χ2v) is 6.75. The Morgan fingerprint density at radius 1 is 1.52 bits per heavy atom. The minimum atomic E-state index is -0.908. The molecule has 1 aliphatic rings. The van der Waals surface area contributed by atoms with Crippen molar-refractivity contribution in [1.82, 2.24) is 15.1 Å². The average molecular weight is 344 g/mol. The van der Waals surface area contributed by atoms with Crippen LogP contribution in [0.5, 0.6) is 0 Å². The Kier molecular flexibility index (Phi) is 5.84. The minimum Gasteiger partial charge on any atom is -0.387 e. The second-order valence-electron chi connectivity index (χ2n) is 6.35. The van der Waals surface area contributed by atoms with Crippen molar-refractivity contribution in [2.45, 2.75) is 25.0 Å². The van der Waals surface area contributed by atoms with Gasteiger partial charge in [-0.3, -0.25) is 0 Å². The van der Waals surface area contributed by atoms with Gasteiger partial charge in [-0.05, 0) is 39.1 Å². The number of hydrogen-bond acceptors (Lipinski definition) is 3. The summed E-state index contributed by atoms with van der Waals surface area (Å²) in [7, 11) is 3.77. The number of amides is 2. The lowest BCUT2D eigenvalue weighted by Gasteiger charge is -2.40. The van der Waals surface area contributed by atoms with E-state index in [0.29, 0.717) is 19.5 Å². The molecule has 0 aromatic heterocycles. The largest absolute Gasteiger partial charge is 0.387 e. The van der Waals surface area contributed by atoms with Crippen molar-refractivity contribution in [3.8, 4) is 0 Å². The molecule has 2 N–H and O–H groups in total. The molecular formula is C16H23ClFN3O2. The molecule has 5 nitrogen and oxygen atoms in total. The van der Waals surface area contributed by atoms with Crippen molar-refractivity contribution >= 4 is 17.6 Å². The van der Waals surface area contributed by atoms with Crippen molar-refractivity contribution in [3.63, 3.8) is 0 Å². The van der Waals surface area contributed by atoms with Crippen molar-refractivity contribution in [2.24, 2.45) is 0 Å². The molecule has 23 heavy (non-hydrogen) atoms. The Hall–Kier alpha value is -1.37. The SMILES string of the molecule is CN(C)CC1(O)CCCN(C(=O)NCc2c(F)cccc2Cl)C1. The van der Waals surface area contributed by atoms with Gasteiger partial charge in [0.25, 0.3) is 0 Å². The first-order valence-corrected chi connectivity index (χ1v) is 8.01. The summed E-state index contributed by atoms with van der Waals surface area (Å²) in [6, 6.07) is 4.10. The van der Waals surface area contributed by atoms with Gasteiger partial charge in [-0.15, -0.1) is 0 Å². The molecule has 1 aromatic carbocycles. The van der Waals surface area contributed by atoms with Crippen molar-refractivity contribution < 1.29 is 14.3 Å². The van der Waals surface area contributed by atoms with Crippen LogP contribution in [0, 0.1) is 5.82 Å². The molecule has 1 aliphatic heterocycles. The zero-order valence-corrected chi connectivity index (χ0v) is 14.2. The van der Waals surface area contributed by atoms with Gasteiger partial charge in [0.2, 0.25) is 0 Å². The van der Waals surface area contributed by atoms with Crippen LogP contribution in [-0.2, 0) is 6.54 Å². The van der Waals surface area contributed by atoms with E-state index in [0.717, 1.165) is 6.42 Å². The van der Waals surface area contributed by atoms with Crippen LogP contribution in [0.15, 0.2) is 18.2 Å². The molecule has 0 bridgehead atoms. The molecule has 0 radical (unpaired) electrons. The molecule has 0 saturated carbocycles. The maximum atomic E-state index is 13.7. The summed E-state index contributed by atoms with van der Waals surface area (Å²) in [4.78, 5) is 15.8. The molecule has 2 amide bonds. The predicted octanol–water partition coefficient (Wildman–Crippen LogP) is 2.08. The fourth-order valence-corrected chi connectivity index (χ4v) is 3.21. The van der Waals surface area contributed by atoms with Crippen LogP contribution >= 0.6 is 11.6 Å². The second kappa shape index (κ2) is 7.47. The molecule has 0 spiro atoms. The highest BCUT2D eigenvalue weighted by Gasteiger charge is 2.35. The number of nitrogens with one attached hydrogen (secondary N) is 1. The third-order valence-corrected chi connectivity index (χ3v) is 4.29. The zero-order valence-electron chi connectivity index (χ0n) is 13.5. The van der Waals surface area contributed by atoms with E-state index in [9.17, 15) is 14.3 Å². The Labute approximate surface area is 141 Å². The fourth-order valence-electron chi connectivity index (χ4n) is 2.98. The topological polar surface area (TPSA) is 55.8 Å². The number of likely N-dealkylation sites (tertiary alicyclic amines) is 1. The first-order chi connectivity index (χ1) is 10.8. The van der Waals surface area contributed by atoms with Gasteiger partial charge in [0.1, 0.15) is 5.82 Å². The van der Waals surface area contributed by atoms with Crippen LogP contribution in [0.3, 0.4) is 0 Å². The molecule has 1 unspecified atom stereocenters. The standard InChI is InChI=1S/C16H23ClFN3O2/c1-20(2)10-16(23)7-4-8-21(11-16)15(22)19-9-12-13(17)5-3-6-14(12)18/h3,5-6,23H,4,7-11H2,1-2H3,(H,19,22). The van der Waals surface area contributed by atoms with E-state index in [4.69, 9.17) is 11.6 Å². The van der Waals surface area contributed by atoms with E-state index in [-0.39, 0.29) is 29.7 Å². The van der Waals surface area contributed by atoms with E-state index in [1.165, 1.54) is 12.1 Å². The van der Waals surface area contributed by atoms with Crippen LogP contribution in [0.2, 0.25) is 5.02 Å². The zero-order chi connectivity index (χ0) is 17.0. The van der Waals surface area contributed by atoms with Gasteiger partial charge in [0.15, 0.2) is 0 Å². The third kappa shape index (κ3) is 4.80. The first kappa shape index (κ1) is 18.0. The lowest BCUT2D eigenvalue weighted by atomic mass is 9.92. The van der Waals surface area contributed by atoms with Gasteiger partial charge in [-0.1, -0.05) is 17.7 Å². The Morgan fingerprint density at radius 3 is 2.91 bits per heavy atom. The molecule has 128 valence electrons. The molecule has 2 rings (SSSR count). The van der Waals surface area contributed by atoms with Crippen LogP contribution in [-0.4, -0.2) is 60.3 Å². The van der Waals surface area contributed by atoms with E-state index in [1.54, 1.807) is 11.0 Å². The number of benzene rings is 1. The number of aliphatic hydroxyl groups is 1. The number of halogens is 2. The quantitative estimate of drug-likeness (QED) is 0.880. The third-order valence-electron chi connectivity index (χ3n) is 3.93. The summed E-state index contributed by atoms with van der Waals surface area (Å²) in [5.74, 6) is -0.444. The van der Waals surface area contributed by atoms with E-state index >= 15 is 0 Å². The summed E-state index contributed by atoms with van der Waals surface area (Å²) < 4.78 is 13.7. The van der Waals surface area contributed by atoms with Gasteiger partial charge in [0, 0.05) is 30.2 Å². The summed E-state index contributed by atoms with van der Waals surface area (Å²) in [5, 5.41) is 13.6. The lowest BCUT2D eigenvalue weighted by molar-refractivity contribution is -0.0347. The Bertz CT molecular complexity index is 550. The molecule has 0 aliphatic carbocycles. The van der Waals surface area contributed by atoms with E-state index in [1.807, 2.05) is 19.0 Å². The molecule has 1 heterocycles. The first-order valence-electron chi connectivity index (χ1n) is 7.63.